The maximum atomic E-state index is 13.4. The van der Waals surface area contributed by atoms with Gasteiger partial charge in [0.1, 0.15) is 17.5 Å². The largest absolute Gasteiger partial charge is 0.368 e. The molecule has 2 aromatic rings. The Kier molecular flexibility index (Phi) is 6.43. The number of nitro benzene ring substituents is 1. The van der Waals surface area contributed by atoms with Crippen molar-refractivity contribution in [3.05, 3.63) is 69.0 Å². The third-order valence-corrected chi connectivity index (χ3v) is 3.93. The number of rotatable bonds is 7. The first-order valence-electron chi connectivity index (χ1n) is 7.68. The molecule has 27 heavy (non-hydrogen) atoms. The molecule has 2 aromatic carbocycles. The van der Waals surface area contributed by atoms with Crippen molar-refractivity contribution in [3.8, 4) is 0 Å². The summed E-state index contributed by atoms with van der Waals surface area (Å²) in [6, 6.07) is 8.06. The Morgan fingerprint density at radius 1 is 1.33 bits per heavy atom. The molecule has 0 spiro atoms. The molecule has 0 bridgehead atoms. The summed E-state index contributed by atoms with van der Waals surface area (Å²) in [7, 11) is 1.45. The van der Waals surface area contributed by atoms with E-state index in [9.17, 15) is 24.1 Å². The highest BCUT2D eigenvalue weighted by molar-refractivity contribution is 6.31. The minimum atomic E-state index is -1.05. The third-order valence-electron chi connectivity index (χ3n) is 3.70. The molecule has 0 aliphatic heterocycles. The first kappa shape index (κ1) is 20.3. The fraction of sp³-hybridized carbons (Fsp3) is 0.176. The number of nitrogens with one attached hydrogen (secondary N) is 1. The molecular formula is C17H16ClFN4O4. The quantitative estimate of drug-likeness (QED) is 0.552. The van der Waals surface area contributed by atoms with Gasteiger partial charge in [-0.2, -0.15) is 0 Å². The zero-order chi connectivity index (χ0) is 20.1. The van der Waals surface area contributed by atoms with Gasteiger partial charge in [0.25, 0.3) is 5.69 Å². The number of carbonyl (C=O) groups is 2. The van der Waals surface area contributed by atoms with Crippen LogP contribution in [0.4, 0.5) is 15.8 Å². The Labute approximate surface area is 158 Å². The molecule has 0 heterocycles. The molecule has 2 rings (SSSR count). The van der Waals surface area contributed by atoms with E-state index in [1.807, 2.05) is 0 Å². The zero-order valence-corrected chi connectivity index (χ0v) is 14.9. The molecule has 0 saturated heterocycles. The van der Waals surface area contributed by atoms with Crippen molar-refractivity contribution < 1.29 is 18.9 Å². The molecule has 0 aromatic heterocycles. The standard InChI is InChI=1S/C17H16ClFN4O4/c1-22(16(17(20)25)10-3-2-4-12(19)7-10)9-15(24)21-13-6-5-11(18)8-14(13)23(26)27/h2-8,16H,9H2,1H3,(H2,20,25)(H,21,24). The first-order valence-corrected chi connectivity index (χ1v) is 8.05. The lowest BCUT2D eigenvalue weighted by atomic mass is 10.0. The lowest BCUT2D eigenvalue weighted by Crippen LogP contribution is -2.39. The van der Waals surface area contributed by atoms with Crippen LogP contribution in [0, 0.1) is 15.9 Å². The van der Waals surface area contributed by atoms with Gasteiger partial charge in [-0.25, -0.2) is 4.39 Å². The molecule has 10 heteroatoms. The number of carbonyl (C=O) groups excluding carboxylic acids is 2. The van der Waals surface area contributed by atoms with Gasteiger partial charge in [0.2, 0.25) is 11.8 Å². The van der Waals surface area contributed by atoms with Gasteiger partial charge in [-0.15, -0.1) is 0 Å². The Balaban J connectivity index is 2.17. The van der Waals surface area contributed by atoms with Crippen molar-refractivity contribution in [2.24, 2.45) is 5.73 Å². The summed E-state index contributed by atoms with van der Waals surface area (Å²) in [6.07, 6.45) is 0. The van der Waals surface area contributed by atoms with Crippen LogP contribution in [-0.4, -0.2) is 35.2 Å². The molecule has 2 amide bonds. The number of likely N-dealkylation sites (N-methyl/N-ethyl adjacent to an activating group) is 1. The van der Waals surface area contributed by atoms with Crippen LogP contribution in [0.25, 0.3) is 0 Å². The number of nitro groups is 1. The highest BCUT2D eigenvalue weighted by Gasteiger charge is 2.25. The lowest BCUT2D eigenvalue weighted by Gasteiger charge is -2.25. The predicted molar refractivity (Wildman–Crippen MR) is 97.7 cm³/mol. The second-order valence-corrected chi connectivity index (χ2v) is 6.18. The van der Waals surface area contributed by atoms with Crippen molar-refractivity contribution in [2.75, 3.05) is 18.9 Å². The van der Waals surface area contributed by atoms with Gasteiger partial charge in [-0.1, -0.05) is 23.7 Å². The molecule has 0 aliphatic carbocycles. The van der Waals surface area contributed by atoms with Crippen molar-refractivity contribution >= 4 is 34.8 Å². The highest BCUT2D eigenvalue weighted by Crippen LogP contribution is 2.28. The van der Waals surface area contributed by atoms with Gasteiger partial charge in [0, 0.05) is 11.1 Å². The van der Waals surface area contributed by atoms with E-state index in [2.05, 4.69) is 5.32 Å². The van der Waals surface area contributed by atoms with Gasteiger partial charge in [0.05, 0.1) is 11.5 Å². The van der Waals surface area contributed by atoms with Crippen molar-refractivity contribution in [2.45, 2.75) is 6.04 Å². The number of hydrogen-bond acceptors (Lipinski definition) is 5. The van der Waals surface area contributed by atoms with Crippen LogP contribution in [0.5, 0.6) is 0 Å². The van der Waals surface area contributed by atoms with E-state index >= 15 is 0 Å². The zero-order valence-electron chi connectivity index (χ0n) is 14.2. The number of halogens is 2. The Morgan fingerprint density at radius 2 is 2.04 bits per heavy atom. The van der Waals surface area contributed by atoms with Crippen LogP contribution in [0.15, 0.2) is 42.5 Å². The van der Waals surface area contributed by atoms with E-state index in [0.29, 0.717) is 0 Å². The Hall–Kier alpha value is -3.04. The minimum Gasteiger partial charge on any atom is -0.368 e. The summed E-state index contributed by atoms with van der Waals surface area (Å²) in [6.45, 7) is -0.316. The monoisotopic (exact) mass is 394 g/mol. The molecule has 3 N–H and O–H groups in total. The average molecular weight is 395 g/mol. The van der Waals surface area contributed by atoms with Crippen molar-refractivity contribution in [1.29, 1.82) is 0 Å². The van der Waals surface area contributed by atoms with Gasteiger partial charge in [0.15, 0.2) is 0 Å². The number of amides is 2. The van der Waals surface area contributed by atoms with Crippen LogP contribution < -0.4 is 11.1 Å². The van der Waals surface area contributed by atoms with E-state index in [0.717, 1.165) is 12.1 Å². The fourth-order valence-electron chi connectivity index (χ4n) is 2.58. The van der Waals surface area contributed by atoms with E-state index < -0.39 is 28.6 Å². The molecular weight excluding hydrogens is 379 g/mol. The smallest absolute Gasteiger partial charge is 0.294 e. The highest BCUT2D eigenvalue weighted by atomic mass is 35.5. The maximum absolute atomic E-state index is 13.4. The number of hydrogen-bond donors (Lipinski definition) is 2. The van der Waals surface area contributed by atoms with Gasteiger partial charge >= 0.3 is 0 Å². The van der Waals surface area contributed by atoms with Crippen LogP contribution in [-0.2, 0) is 9.59 Å². The normalized spacial score (nSPS) is 11.9. The molecule has 0 aliphatic rings. The number of anilines is 1. The third kappa shape index (κ3) is 5.22. The molecule has 0 radical (unpaired) electrons. The van der Waals surface area contributed by atoms with E-state index in [4.69, 9.17) is 17.3 Å². The van der Waals surface area contributed by atoms with E-state index in [1.54, 1.807) is 0 Å². The van der Waals surface area contributed by atoms with E-state index in [-0.39, 0.29) is 28.5 Å². The van der Waals surface area contributed by atoms with Gasteiger partial charge in [-0.05, 0) is 36.9 Å². The maximum Gasteiger partial charge on any atom is 0.294 e. The summed E-state index contributed by atoms with van der Waals surface area (Å²) < 4.78 is 13.4. The Bertz CT molecular complexity index is 893. The van der Waals surface area contributed by atoms with Gasteiger partial charge in [-0.3, -0.25) is 24.6 Å². The van der Waals surface area contributed by atoms with Crippen molar-refractivity contribution in [3.63, 3.8) is 0 Å². The molecule has 8 nitrogen and oxygen atoms in total. The van der Waals surface area contributed by atoms with Crippen LogP contribution >= 0.6 is 11.6 Å². The number of nitrogens with two attached hydrogens (primary N) is 1. The fourth-order valence-corrected chi connectivity index (χ4v) is 2.75. The molecule has 1 atom stereocenters. The second kappa shape index (κ2) is 8.56. The van der Waals surface area contributed by atoms with Crippen molar-refractivity contribution in [1.82, 2.24) is 4.90 Å². The first-order chi connectivity index (χ1) is 12.7. The van der Waals surface area contributed by atoms with Crippen LogP contribution in [0.2, 0.25) is 5.02 Å². The van der Waals surface area contributed by atoms with Crippen LogP contribution in [0.1, 0.15) is 11.6 Å². The number of primary amides is 1. The lowest BCUT2D eigenvalue weighted by molar-refractivity contribution is -0.383. The number of benzene rings is 2. The minimum absolute atomic E-state index is 0.0378. The summed E-state index contributed by atoms with van der Waals surface area (Å²) in [5.41, 5.74) is 5.27. The summed E-state index contributed by atoms with van der Waals surface area (Å²) >= 11 is 5.73. The molecule has 0 fully saturated rings. The summed E-state index contributed by atoms with van der Waals surface area (Å²) in [5.74, 6) is -1.94. The molecule has 142 valence electrons. The molecule has 0 saturated carbocycles. The Morgan fingerprint density at radius 3 is 2.63 bits per heavy atom. The topological polar surface area (TPSA) is 119 Å². The summed E-state index contributed by atoms with van der Waals surface area (Å²) in [4.78, 5) is 35.8. The number of nitrogens with zero attached hydrogens (tertiary/aromatic N) is 2. The molecule has 1 unspecified atom stereocenters. The van der Waals surface area contributed by atoms with Gasteiger partial charge < -0.3 is 11.1 Å². The average Bonchev–Trinajstić information content (AvgIpc) is 2.56. The van der Waals surface area contributed by atoms with Crippen LogP contribution in [0.3, 0.4) is 0 Å². The van der Waals surface area contributed by atoms with E-state index in [1.165, 1.54) is 42.3 Å². The summed E-state index contributed by atoms with van der Waals surface area (Å²) in [5, 5.41) is 13.6. The second-order valence-electron chi connectivity index (χ2n) is 5.74. The predicted octanol–water partition coefficient (Wildman–Crippen LogP) is 2.48. The SMILES string of the molecule is CN(CC(=O)Nc1ccc(Cl)cc1[N+](=O)[O-])C(C(N)=O)c1cccc(F)c1.